The lowest BCUT2D eigenvalue weighted by Gasteiger charge is -2.15. The van der Waals surface area contributed by atoms with Gasteiger partial charge in [0, 0.05) is 32.4 Å². The molecule has 0 saturated carbocycles. The van der Waals surface area contributed by atoms with Gasteiger partial charge in [-0.05, 0) is 55.5 Å². The molecule has 0 aromatic heterocycles. The molecule has 6 heteroatoms. The number of rotatable bonds is 6. The molecule has 0 radical (unpaired) electrons. The van der Waals surface area contributed by atoms with Gasteiger partial charge in [0.05, 0.1) is 0 Å². The van der Waals surface area contributed by atoms with Crippen LogP contribution in [0.4, 0.5) is 5.69 Å². The van der Waals surface area contributed by atoms with Gasteiger partial charge >= 0.3 is 0 Å². The first-order valence-corrected chi connectivity index (χ1v) is 9.73. The summed E-state index contributed by atoms with van der Waals surface area (Å²) in [7, 11) is 0. The number of nitrogens with one attached hydrogen (secondary N) is 1. The van der Waals surface area contributed by atoms with E-state index in [1.807, 2.05) is 0 Å². The molecule has 0 saturated heterocycles. The summed E-state index contributed by atoms with van der Waals surface area (Å²) in [6.07, 6.45) is -0.698. The zero-order valence-electron chi connectivity index (χ0n) is 15.0. The minimum absolute atomic E-state index is 0.174. The van der Waals surface area contributed by atoms with Crippen LogP contribution in [0.1, 0.15) is 27.6 Å². The van der Waals surface area contributed by atoms with E-state index in [2.05, 4.69) is 21.2 Å². The molecule has 1 amide bonds. The van der Waals surface area contributed by atoms with Crippen molar-refractivity contribution in [2.45, 2.75) is 13.0 Å². The number of ether oxygens (including phenoxy) is 1. The van der Waals surface area contributed by atoms with Crippen LogP contribution in [0.3, 0.4) is 0 Å². The quantitative estimate of drug-likeness (QED) is 0.461. The predicted octanol–water partition coefficient (Wildman–Crippen LogP) is 6.01. The molecular weight excluding hydrogens is 442 g/mol. The summed E-state index contributed by atoms with van der Waals surface area (Å²) in [5.41, 5.74) is 1.60. The van der Waals surface area contributed by atoms with Gasteiger partial charge in [-0.15, -0.1) is 0 Å². The van der Waals surface area contributed by atoms with E-state index in [4.69, 9.17) is 16.3 Å². The summed E-state index contributed by atoms with van der Waals surface area (Å²) < 4.78 is 6.66. The fourth-order valence-electron chi connectivity index (χ4n) is 2.59. The third-order valence-electron chi connectivity index (χ3n) is 3.99. The third kappa shape index (κ3) is 5.21. The van der Waals surface area contributed by atoms with Crippen LogP contribution in [-0.4, -0.2) is 17.8 Å². The molecule has 0 spiro atoms. The van der Waals surface area contributed by atoms with Crippen molar-refractivity contribution in [3.63, 3.8) is 0 Å². The van der Waals surface area contributed by atoms with Gasteiger partial charge in [0.2, 0.25) is 5.78 Å². The largest absolute Gasteiger partial charge is 0.482 e. The Hall–Kier alpha value is -2.63. The molecule has 1 N–H and O–H groups in total. The number of hydrogen-bond donors (Lipinski definition) is 1. The fourth-order valence-corrected chi connectivity index (χ4v) is 3.04. The number of ketones is 1. The third-order valence-corrected chi connectivity index (χ3v) is 4.75. The summed E-state index contributed by atoms with van der Waals surface area (Å²) in [6.45, 7) is 1.68. The molecule has 0 heterocycles. The summed E-state index contributed by atoms with van der Waals surface area (Å²) in [5, 5.41) is 3.32. The number of amides is 1. The highest BCUT2D eigenvalue weighted by atomic mass is 79.9. The summed E-state index contributed by atoms with van der Waals surface area (Å²) in [4.78, 5) is 24.9. The van der Waals surface area contributed by atoms with E-state index in [0.29, 0.717) is 27.6 Å². The Labute approximate surface area is 176 Å². The topological polar surface area (TPSA) is 55.4 Å². The van der Waals surface area contributed by atoms with Crippen LogP contribution in [-0.2, 0) is 0 Å². The summed E-state index contributed by atoms with van der Waals surface area (Å²) in [5.74, 6) is 0.0796. The van der Waals surface area contributed by atoms with E-state index in [-0.39, 0.29) is 11.7 Å². The van der Waals surface area contributed by atoms with Crippen molar-refractivity contribution in [1.82, 2.24) is 0 Å². The second kappa shape index (κ2) is 9.04. The Kier molecular flexibility index (Phi) is 6.49. The standard InChI is InChI=1S/C22H17BrClNO3/c1-14(21(26)16-4-2-5-18(24)12-16)28-20-7-3-6-19(13-20)25-22(27)15-8-10-17(23)11-9-15/h2-14H,1H3,(H,25,27)/t14-/m1/s1. The Morgan fingerprint density at radius 1 is 0.964 bits per heavy atom. The number of halogens is 2. The number of anilines is 1. The van der Waals surface area contributed by atoms with Gasteiger partial charge in [0.1, 0.15) is 5.75 Å². The van der Waals surface area contributed by atoms with Crippen molar-refractivity contribution < 1.29 is 14.3 Å². The van der Waals surface area contributed by atoms with Crippen LogP contribution in [0.5, 0.6) is 5.75 Å². The van der Waals surface area contributed by atoms with Crippen LogP contribution >= 0.6 is 27.5 Å². The van der Waals surface area contributed by atoms with E-state index >= 15 is 0 Å². The number of hydrogen-bond acceptors (Lipinski definition) is 3. The lowest BCUT2D eigenvalue weighted by Crippen LogP contribution is -2.24. The molecule has 0 aliphatic rings. The molecule has 0 aliphatic heterocycles. The van der Waals surface area contributed by atoms with Gasteiger partial charge < -0.3 is 10.1 Å². The van der Waals surface area contributed by atoms with E-state index in [1.54, 1.807) is 79.7 Å². The number of carbonyl (C=O) groups excluding carboxylic acids is 2. The second-order valence-corrected chi connectivity index (χ2v) is 7.48. The maximum Gasteiger partial charge on any atom is 0.255 e. The molecule has 28 heavy (non-hydrogen) atoms. The van der Waals surface area contributed by atoms with Crippen molar-refractivity contribution in [2.75, 3.05) is 5.32 Å². The van der Waals surface area contributed by atoms with Crippen LogP contribution in [0.25, 0.3) is 0 Å². The normalized spacial score (nSPS) is 11.5. The molecule has 1 atom stereocenters. The molecule has 3 aromatic rings. The minimum atomic E-state index is -0.698. The minimum Gasteiger partial charge on any atom is -0.482 e. The van der Waals surface area contributed by atoms with Crippen molar-refractivity contribution in [2.24, 2.45) is 0 Å². The molecule has 3 rings (SSSR count). The number of Topliss-reactive ketones (excluding diaryl/α,β-unsaturated/α-hetero) is 1. The smallest absolute Gasteiger partial charge is 0.255 e. The maximum atomic E-state index is 12.5. The average Bonchev–Trinajstić information content (AvgIpc) is 2.68. The first-order chi connectivity index (χ1) is 13.4. The van der Waals surface area contributed by atoms with Crippen molar-refractivity contribution in [3.8, 4) is 5.75 Å². The Morgan fingerprint density at radius 2 is 1.68 bits per heavy atom. The second-order valence-electron chi connectivity index (χ2n) is 6.12. The monoisotopic (exact) mass is 457 g/mol. The van der Waals surface area contributed by atoms with E-state index < -0.39 is 6.10 Å². The van der Waals surface area contributed by atoms with Crippen molar-refractivity contribution in [3.05, 3.63) is 93.4 Å². The molecule has 0 fully saturated rings. The van der Waals surface area contributed by atoms with Crippen LogP contribution in [0.15, 0.2) is 77.3 Å². The first-order valence-electron chi connectivity index (χ1n) is 8.56. The molecule has 0 aliphatic carbocycles. The van der Waals surface area contributed by atoms with Gasteiger partial charge in [-0.1, -0.05) is 45.7 Å². The van der Waals surface area contributed by atoms with Crippen LogP contribution < -0.4 is 10.1 Å². The van der Waals surface area contributed by atoms with Gasteiger partial charge in [0.15, 0.2) is 6.10 Å². The van der Waals surface area contributed by atoms with Gasteiger partial charge in [0.25, 0.3) is 5.91 Å². The zero-order chi connectivity index (χ0) is 20.1. The Morgan fingerprint density at radius 3 is 2.39 bits per heavy atom. The molecule has 142 valence electrons. The molecule has 3 aromatic carbocycles. The maximum absolute atomic E-state index is 12.5. The van der Waals surface area contributed by atoms with Gasteiger partial charge in [-0.25, -0.2) is 0 Å². The Balaban J connectivity index is 1.68. The lowest BCUT2D eigenvalue weighted by molar-refractivity contribution is 0.0818. The highest BCUT2D eigenvalue weighted by molar-refractivity contribution is 9.10. The predicted molar refractivity (Wildman–Crippen MR) is 114 cm³/mol. The molecule has 0 unspecified atom stereocenters. The average molecular weight is 459 g/mol. The Bertz CT molecular complexity index is 1000. The number of benzene rings is 3. The highest BCUT2D eigenvalue weighted by Crippen LogP contribution is 2.21. The number of carbonyl (C=O) groups is 2. The summed E-state index contributed by atoms with van der Waals surface area (Å²) >= 11 is 9.29. The van der Waals surface area contributed by atoms with E-state index in [9.17, 15) is 9.59 Å². The van der Waals surface area contributed by atoms with Gasteiger partial charge in [-0.3, -0.25) is 9.59 Å². The first kappa shape index (κ1) is 20.1. The van der Waals surface area contributed by atoms with E-state index in [0.717, 1.165) is 4.47 Å². The molecular formula is C22H17BrClNO3. The zero-order valence-corrected chi connectivity index (χ0v) is 17.3. The molecule has 4 nitrogen and oxygen atoms in total. The molecule has 0 bridgehead atoms. The highest BCUT2D eigenvalue weighted by Gasteiger charge is 2.17. The summed E-state index contributed by atoms with van der Waals surface area (Å²) in [6, 6.07) is 20.7. The lowest BCUT2D eigenvalue weighted by atomic mass is 10.1. The van der Waals surface area contributed by atoms with Crippen molar-refractivity contribution >= 4 is 44.9 Å². The SMILES string of the molecule is C[C@@H](Oc1cccc(NC(=O)c2ccc(Br)cc2)c1)C(=O)c1cccc(Cl)c1. The van der Waals surface area contributed by atoms with Crippen LogP contribution in [0.2, 0.25) is 5.02 Å². The van der Waals surface area contributed by atoms with E-state index in [1.165, 1.54) is 0 Å². The van der Waals surface area contributed by atoms with Gasteiger partial charge in [-0.2, -0.15) is 0 Å². The van der Waals surface area contributed by atoms with Crippen LogP contribution in [0, 0.1) is 0 Å². The van der Waals surface area contributed by atoms with Crippen molar-refractivity contribution in [1.29, 1.82) is 0 Å². The fraction of sp³-hybridized carbons (Fsp3) is 0.0909.